The number of hydrogen-bond donors (Lipinski definition) is 1. The Kier molecular flexibility index (Phi) is 5.34. The van der Waals surface area contributed by atoms with Crippen molar-refractivity contribution in [1.82, 2.24) is 9.88 Å². The number of carbonyl (C=O) groups is 1. The van der Waals surface area contributed by atoms with E-state index in [-0.39, 0.29) is 0 Å². The number of rotatable bonds is 6. The molecule has 106 valence electrons. The molecule has 2 rings (SSSR count). The lowest BCUT2D eigenvalue weighted by Gasteiger charge is -2.31. The summed E-state index contributed by atoms with van der Waals surface area (Å²) in [4.78, 5) is 18.7. The standard InChI is InChI=1S/C14H22N2O2S/c1-11-13(19-10-15-11)6-9-16-7-4-12(5-8-16)2-3-14(17)18/h10,12H,2-9H2,1H3,(H,17,18). The molecular weight excluding hydrogens is 260 g/mol. The third-order valence-corrected chi connectivity index (χ3v) is 4.97. The molecule has 0 radical (unpaired) electrons. The van der Waals surface area contributed by atoms with Crippen LogP contribution >= 0.6 is 11.3 Å². The fourth-order valence-electron chi connectivity index (χ4n) is 2.65. The number of aliphatic carboxylic acids is 1. The number of thiazole rings is 1. The Morgan fingerprint density at radius 3 is 2.84 bits per heavy atom. The number of aryl methyl sites for hydroxylation is 1. The van der Waals surface area contributed by atoms with Crippen molar-refractivity contribution in [2.24, 2.45) is 5.92 Å². The summed E-state index contributed by atoms with van der Waals surface area (Å²) in [5.74, 6) is -0.0550. The van der Waals surface area contributed by atoms with Gasteiger partial charge in [-0.25, -0.2) is 4.98 Å². The van der Waals surface area contributed by atoms with Gasteiger partial charge < -0.3 is 10.0 Å². The lowest BCUT2D eigenvalue weighted by atomic mass is 9.92. The minimum atomic E-state index is -0.664. The van der Waals surface area contributed by atoms with Gasteiger partial charge in [0.2, 0.25) is 0 Å². The van der Waals surface area contributed by atoms with Crippen molar-refractivity contribution in [3.8, 4) is 0 Å². The second kappa shape index (κ2) is 7.01. The SMILES string of the molecule is Cc1ncsc1CCN1CCC(CCC(=O)O)CC1. The molecule has 0 spiro atoms. The predicted molar refractivity (Wildman–Crippen MR) is 76.6 cm³/mol. The Hall–Kier alpha value is -0.940. The highest BCUT2D eigenvalue weighted by atomic mass is 32.1. The van der Waals surface area contributed by atoms with Crippen LogP contribution < -0.4 is 0 Å². The molecule has 4 nitrogen and oxygen atoms in total. The molecule has 0 atom stereocenters. The average molecular weight is 282 g/mol. The largest absolute Gasteiger partial charge is 0.481 e. The Morgan fingerprint density at radius 1 is 1.53 bits per heavy atom. The van der Waals surface area contributed by atoms with E-state index in [1.165, 1.54) is 10.6 Å². The zero-order chi connectivity index (χ0) is 13.7. The second-order valence-electron chi connectivity index (χ2n) is 5.33. The first kappa shape index (κ1) is 14.5. The second-order valence-corrected chi connectivity index (χ2v) is 6.27. The average Bonchev–Trinajstić information content (AvgIpc) is 2.81. The number of piperidine rings is 1. The molecule has 0 aromatic carbocycles. The van der Waals surface area contributed by atoms with Gasteiger partial charge in [-0.1, -0.05) is 0 Å². The van der Waals surface area contributed by atoms with Crippen molar-refractivity contribution in [2.75, 3.05) is 19.6 Å². The monoisotopic (exact) mass is 282 g/mol. The van der Waals surface area contributed by atoms with Gasteiger partial charge in [-0.05, 0) is 51.6 Å². The van der Waals surface area contributed by atoms with Gasteiger partial charge in [0.25, 0.3) is 0 Å². The summed E-state index contributed by atoms with van der Waals surface area (Å²) in [5, 5.41) is 8.70. The molecule has 0 saturated carbocycles. The zero-order valence-corrected chi connectivity index (χ0v) is 12.3. The number of nitrogens with zero attached hydrogens (tertiary/aromatic N) is 2. The maximum absolute atomic E-state index is 10.6. The molecule has 1 aromatic heterocycles. The molecule has 0 bridgehead atoms. The summed E-state index contributed by atoms with van der Waals surface area (Å²) in [6.45, 7) is 5.41. The predicted octanol–water partition coefficient (Wildman–Crippen LogP) is 2.57. The normalized spacial score (nSPS) is 17.7. The third kappa shape index (κ3) is 4.58. The Labute approximate surface area is 118 Å². The quantitative estimate of drug-likeness (QED) is 0.871. The first-order valence-electron chi connectivity index (χ1n) is 6.98. The molecule has 1 N–H and O–H groups in total. The highest BCUT2D eigenvalue weighted by Gasteiger charge is 2.19. The van der Waals surface area contributed by atoms with Crippen LogP contribution in [-0.4, -0.2) is 40.6 Å². The van der Waals surface area contributed by atoms with E-state index in [2.05, 4.69) is 16.8 Å². The molecular formula is C14H22N2O2S. The Morgan fingerprint density at radius 2 is 2.26 bits per heavy atom. The van der Waals surface area contributed by atoms with Crippen LogP contribution in [0.1, 0.15) is 36.3 Å². The smallest absolute Gasteiger partial charge is 0.303 e. The lowest BCUT2D eigenvalue weighted by Crippen LogP contribution is -2.35. The molecule has 1 aromatic rings. The first-order chi connectivity index (χ1) is 9.15. The highest BCUT2D eigenvalue weighted by Crippen LogP contribution is 2.22. The van der Waals surface area contributed by atoms with Crippen LogP contribution in [0, 0.1) is 12.8 Å². The van der Waals surface area contributed by atoms with Crippen molar-refractivity contribution in [2.45, 2.75) is 39.0 Å². The van der Waals surface area contributed by atoms with E-state index in [1.807, 2.05) is 5.51 Å². The maximum atomic E-state index is 10.6. The zero-order valence-electron chi connectivity index (χ0n) is 11.5. The van der Waals surface area contributed by atoms with E-state index >= 15 is 0 Å². The number of carboxylic acids is 1. The molecule has 2 heterocycles. The maximum Gasteiger partial charge on any atom is 0.303 e. The summed E-state index contributed by atoms with van der Waals surface area (Å²) in [7, 11) is 0. The van der Waals surface area contributed by atoms with Gasteiger partial charge in [0.05, 0.1) is 11.2 Å². The van der Waals surface area contributed by atoms with Crippen LogP contribution in [0.3, 0.4) is 0 Å². The summed E-state index contributed by atoms with van der Waals surface area (Å²) in [5.41, 5.74) is 3.09. The molecule has 0 aliphatic carbocycles. The Bertz CT molecular complexity index is 411. The number of carboxylic acid groups (broad SMARTS) is 1. The fourth-order valence-corrected chi connectivity index (χ4v) is 3.42. The number of hydrogen-bond acceptors (Lipinski definition) is 4. The Balaban J connectivity index is 1.66. The molecule has 1 aliphatic heterocycles. The van der Waals surface area contributed by atoms with E-state index < -0.39 is 5.97 Å². The van der Waals surface area contributed by atoms with Crippen LogP contribution in [-0.2, 0) is 11.2 Å². The van der Waals surface area contributed by atoms with Gasteiger partial charge in [0.1, 0.15) is 0 Å². The molecule has 0 amide bonds. The summed E-state index contributed by atoms with van der Waals surface area (Å²) in [6, 6.07) is 0. The topological polar surface area (TPSA) is 53.4 Å². The van der Waals surface area contributed by atoms with Crippen LogP contribution in [0.2, 0.25) is 0 Å². The van der Waals surface area contributed by atoms with Gasteiger partial charge in [-0.2, -0.15) is 0 Å². The number of aromatic nitrogens is 1. The van der Waals surface area contributed by atoms with Crippen molar-refractivity contribution < 1.29 is 9.90 Å². The van der Waals surface area contributed by atoms with Crippen molar-refractivity contribution >= 4 is 17.3 Å². The van der Waals surface area contributed by atoms with Gasteiger partial charge in [-0.15, -0.1) is 11.3 Å². The van der Waals surface area contributed by atoms with Gasteiger partial charge in [0, 0.05) is 17.8 Å². The molecule has 5 heteroatoms. The minimum absolute atomic E-state index is 0.324. The van der Waals surface area contributed by atoms with Gasteiger partial charge in [-0.3, -0.25) is 4.79 Å². The summed E-state index contributed by atoms with van der Waals surface area (Å²) >= 11 is 1.75. The van der Waals surface area contributed by atoms with Crippen LogP contribution in [0.4, 0.5) is 0 Å². The molecule has 19 heavy (non-hydrogen) atoms. The fraction of sp³-hybridized carbons (Fsp3) is 0.714. The first-order valence-corrected chi connectivity index (χ1v) is 7.86. The number of likely N-dealkylation sites (tertiary alicyclic amines) is 1. The summed E-state index contributed by atoms with van der Waals surface area (Å²) in [6.07, 6.45) is 4.56. The van der Waals surface area contributed by atoms with Crippen molar-refractivity contribution in [3.05, 3.63) is 16.1 Å². The van der Waals surface area contributed by atoms with E-state index in [4.69, 9.17) is 5.11 Å². The molecule has 0 unspecified atom stereocenters. The third-order valence-electron chi connectivity index (χ3n) is 3.97. The van der Waals surface area contributed by atoms with E-state index in [9.17, 15) is 4.79 Å². The van der Waals surface area contributed by atoms with Gasteiger partial charge in [0.15, 0.2) is 0 Å². The summed E-state index contributed by atoms with van der Waals surface area (Å²) < 4.78 is 0. The molecule has 1 aliphatic rings. The van der Waals surface area contributed by atoms with Gasteiger partial charge >= 0.3 is 5.97 Å². The van der Waals surface area contributed by atoms with Crippen LogP contribution in [0.15, 0.2) is 5.51 Å². The van der Waals surface area contributed by atoms with Crippen LogP contribution in [0.25, 0.3) is 0 Å². The van der Waals surface area contributed by atoms with Crippen molar-refractivity contribution in [1.29, 1.82) is 0 Å². The van der Waals surface area contributed by atoms with Crippen LogP contribution in [0.5, 0.6) is 0 Å². The molecule has 1 saturated heterocycles. The molecule has 1 fully saturated rings. The van der Waals surface area contributed by atoms with Crippen molar-refractivity contribution in [3.63, 3.8) is 0 Å². The van der Waals surface area contributed by atoms with E-state index in [0.29, 0.717) is 12.3 Å². The highest BCUT2D eigenvalue weighted by molar-refractivity contribution is 7.09. The van der Waals surface area contributed by atoms with E-state index in [0.717, 1.165) is 45.3 Å². The minimum Gasteiger partial charge on any atom is -0.481 e. The van der Waals surface area contributed by atoms with E-state index in [1.54, 1.807) is 11.3 Å². The lowest BCUT2D eigenvalue weighted by molar-refractivity contribution is -0.137.